The van der Waals surface area contributed by atoms with Crippen LogP contribution in [0.25, 0.3) is 0 Å². The maximum absolute atomic E-state index is 12.4. The van der Waals surface area contributed by atoms with Crippen molar-refractivity contribution in [2.75, 3.05) is 0 Å². The molecule has 114 valence electrons. The number of rotatable bonds is 8. The van der Waals surface area contributed by atoms with Gasteiger partial charge in [0.05, 0.1) is 4.90 Å². The van der Waals surface area contributed by atoms with E-state index in [9.17, 15) is 8.42 Å². The van der Waals surface area contributed by atoms with Crippen LogP contribution in [0.15, 0.2) is 23.1 Å². The predicted octanol–water partition coefficient (Wildman–Crippen LogP) is 2.70. The van der Waals surface area contributed by atoms with E-state index in [1.165, 1.54) is 0 Å². The van der Waals surface area contributed by atoms with Gasteiger partial charge in [0.15, 0.2) is 0 Å². The second-order valence-corrected chi connectivity index (χ2v) is 6.94. The van der Waals surface area contributed by atoms with Gasteiger partial charge >= 0.3 is 0 Å². The fourth-order valence-electron chi connectivity index (χ4n) is 2.26. The largest absolute Gasteiger partial charge is 0.326 e. The predicted molar refractivity (Wildman–Crippen MR) is 83.0 cm³/mol. The normalized spacial score (nSPS) is 13.4. The van der Waals surface area contributed by atoms with Crippen LogP contribution in [0.1, 0.15) is 50.7 Å². The molecule has 1 aromatic rings. The zero-order valence-corrected chi connectivity index (χ0v) is 13.5. The third-order valence-corrected chi connectivity index (χ3v) is 5.24. The summed E-state index contributed by atoms with van der Waals surface area (Å²) in [5, 5.41) is 0. The topological polar surface area (TPSA) is 72.2 Å². The summed E-state index contributed by atoms with van der Waals surface area (Å²) >= 11 is 0. The summed E-state index contributed by atoms with van der Waals surface area (Å²) < 4.78 is 27.6. The SMILES string of the molecule is CCCCCC(C)NS(=O)(=O)c1cccc(CN)c1C. The second kappa shape index (κ2) is 7.76. The Kier molecular flexibility index (Phi) is 6.65. The summed E-state index contributed by atoms with van der Waals surface area (Å²) in [5.41, 5.74) is 7.24. The molecule has 0 aliphatic carbocycles. The van der Waals surface area contributed by atoms with E-state index in [0.717, 1.165) is 36.8 Å². The highest BCUT2D eigenvalue weighted by atomic mass is 32.2. The molecule has 0 spiro atoms. The molecule has 3 N–H and O–H groups in total. The Morgan fingerprint density at radius 2 is 2.00 bits per heavy atom. The van der Waals surface area contributed by atoms with E-state index in [-0.39, 0.29) is 6.04 Å². The molecule has 0 amide bonds. The first-order chi connectivity index (χ1) is 9.42. The van der Waals surface area contributed by atoms with Gasteiger partial charge in [0.1, 0.15) is 0 Å². The molecule has 0 radical (unpaired) electrons. The van der Waals surface area contributed by atoms with Crippen LogP contribution in [-0.2, 0) is 16.6 Å². The maximum atomic E-state index is 12.4. The number of nitrogens with two attached hydrogens (primary N) is 1. The Morgan fingerprint density at radius 1 is 1.30 bits per heavy atom. The van der Waals surface area contributed by atoms with Crippen LogP contribution in [0.4, 0.5) is 0 Å². The highest BCUT2D eigenvalue weighted by molar-refractivity contribution is 7.89. The van der Waals surface area contributed by atoms with Gasteiger partial charge in [0.25, 0.3) is 0 Å². The summed E-state index contributed by atoms with van der Waals surface area (Å²) in [5.74, 6) is 0. The van der Waals surface area contributed by atoms with Crippen LogP contribution < -0.4 is 10.5 Å². The number of benzene rings is 1. The van der Waals surface area contributed by atoms with E-state index in [0.29, 0.717) is 11.4 Å². The summed E-state index contributed by atoms with van der Waals surface area (Å²) in [4.78, 5) is 0.336. The monoisotopic (exact) mass is 298 g/mol. The van der Waals surface area contributed by atoms with Gasteiger partial charge in [0.2, 0.25) is 10.0 Å². The first kappa shape index (κ1) is 17.1. The highest BCUT2D eigenvalue weighted by Crippen LogP contribution is 2.19. The smallest absolute Gasteiger partial charge is 0.241 e. The van der Waals surface area contributed by atoms with E-state index < -0.39 is 10.0 Å². The molecule has 4 nitrogen and oxygen atoms in total. The van der Waals surface area contributed by atoms with Gasteiger partial charge in [-0.15, -0.1) is 0 Å². The summed E-state index contributed by atoms with van der Waals surface area (Å²) in [6.07, 6.45) is 4.18. The van der Waals surface area contributed by atoms with Crippen molar-refractivity contribution in [3.63, 3.8) is 0 Å². The lowest BCUT2D eigenvalue weighted by molar-refractivity contribution is 0.527. The van der Waals surface area contributed by atoms with Crippen LogP contribution in [-0.4, -0.2) is 14.5 Å². The van der Waals surface area contributed by atoms with Gasteiger partial charge in [-0.05, 0) is 37.5 Å². The van der Waals surface area contributed by atoms with Gasteiger partial charge in [-0.2, -0.15) is 0 Å². The molecule has 0 aromatic heterocycles. The van der Waals surface area contributed by atoms with E-state index in [2.05, 4.69) is 11.6 Å². The molecule has 0 bridgehead atoms. The third kappa shape index (κ3) is 4.58. The molecule has 1 atom stereocenters. The van der Waals surface area contributed by atoms with Crippen molar-refractivity contribution >= 4 is 10.0 Å². The highest BCUT2D eigenvalue weighted by Gasteiger charge is 2.20. The Balaban J connectivity index is 2.84. The average molecular weight is 298 g/mol. The fraction of sp³-hybridized carbons (Fsp3) is 0.600. The quantitative estimate of drug-likeness (QED) is 0.725. The van der Waals surface area contributed by atoms with Crippen LogP contribution in [0.5, 0.6) is 0 Å². The third-order valence-electron chi connectivity index (χ3n) is 3.50. The Bertz CT molecular complexity index is 527. The maximum Gasteiger partial charge on any atom is 0.241 e. The fourth-order valence-corrected chi connectivity index (χ4v) is 3.83. The number of unbranched alkanes of at least 4 members (excludes halogenated alkanes) is 2. The molecule has 0 heterocycles. The standard InChI is InChI=1S/C15H26N2O2S/c1-4-5-6-8-12(2)17-20(18,19)15-10-7-9-14(11-16)13(15)3/h7,9-10,12,17H,4-6,8,11,16H2,1-3H3. The lowest BCUT2D eigenvalue weighted by atomic mass is 10.1. The molecule has 5 heteroatoms. The van der Waals surface area contributed by atoms with Crippen LogP contribution >= 0.6 is 0 Å². The first-order valence-corrected chi connectivity index (χ1v) is 8.71. The molecule has 0 saturated heterocycles. The number of nitrogens with one attached hydrogen (secondary N) is 1. The Morgan fingerprint density at radius 3 is 2.60 bits per heavy atom. The van der Waals surface area contributed by atoms with E-state index in [4.69, 9.17) is 5.73 Å². The van der Waals surface area contributed by atoms with Gasteiger partial charge in [-0.1, -0.05) is 38.3 Å². The van der Waals surface area contributed by atoms with Crippen molar-refractivity contribution in [2.45, 2.75) is 63.9 Å². The zero-order valence-electron chi connectivity index (χ0n) is 12.6. The van der Waals surface area contributed by atoms with Crippen LogP contribution in [0, 0.1) is 6.92 Å². The van der Waals surface area contributed by atoms with Gasteiger partial charge in [-0.25, -0.2) is 13.1 Å². The Labute approximate surface area is 122 Å². The van der Waals surface area contributed by atoms with Crippen molar-refractivity contribution in [3.05, 3.63) is 29.3 Å². The molecule has 1 unspecified atom stereocenters. The lowest BCUT2D eigenvalue weighted by Gasteiger charge is -2.16. The minimum Gasteiger partial charge on any atom is -0.326 e. The second-order valence-electron chi connectivity index (χ2n) is 5.26. The lowest BCUT2D eigenvalue weighted by Crippen LogP contribution is -2.33. The van der Waals surface area contributed by atoms with Crippen LogP contribution in [0.3, 0.4) is 0 Å². The molecule has 0 aliphatic heterocycles. The van der Waals surface area contributed by atoms with Crippen molar-refractivity contribution in [3.8, 4) is 0 Å². The van der Waals surface area contributed by atoms with Crippen molar-refractivity contribution in [1.82, 2.24) is 4.72 Å². The number of sulfonamides is 1. The van der Waals surface area contributed by atoms with E-state index >= 15 is 0 Å². The molecule has 0 saturated carbocycles. The minimum atomic E-state index is -3.47. The number of hydrogen-bond acceptors (Lipinski definition) is 3. The molecule has 1 rings (SSSR count). The minimum absolute atomic E-state index is 0.0486. The summed E-state index contributed by atoms with van der Waals surface area (Å²) in [6.45, 7) is 6.20. The average Bonchev–Trinajstić information content (AvgIpc) is 2.38. The van der Waals surface area contributed by atoms with Gasteiger partial charge in [0, 0.05) is 12.6 Å². The summed E-state index contributed by atoms with van der Waals surface area (Å²) in [7, 11) is -3.47. The molecular formula is C15H26N2O2S. The van der Waals surface area contributed by atoms with Crippen molar-refractivity contribution in [2.24, 2.45) is 5.73 Å². The van der Waals surface area contributed by atoms with Crippen LogP contribution in [0.2, 0.25) is 0 Å². The molecule has 0 aliphatic rings. The Hall–Kier alpha value is -0.910. The van der Waals surface area contributed by atoms with Crippen molar-refractivity contribution in [1.29, 1.82) is 0 Å². The molecule has 20 heavy (non-hydrogen) atoms. The molecular weight excluding hydrogens is 272 g/mol. The van der Waals surface area contributed by atoms with Crippen molar-refractivity contribution < 1.29 is 8.42 Å². The first-order valence-electron chi connectivity index (χ1n) is 7.23. The van der Waals surface area contributed by atoms with E-state index in [1.54, 1.807) is 19.1 Å². The zero-order chi connectivity index (χ0) is 15.2. The van der Waals surface area contributed by atoms with E-state index in [1.807, 2.05) is 13.0 Å². The number of hydrogen-bond donors (Lipinski definition) is 2. The van der Waals surface area contributed by atoms with Gasteiger partial charge in [-0.3, -0.25) is 0 Å². The summed E-state index contributed by atoms with van der Waals surface area (Å²) in [6, 6.07) is 5.19. The molecule has 1 aromatic carbocycles. The molecule has 0 fully saturated rings. The van der Waals surface area contributed by atoms with Gasteiger partial charge < -0.3 is 5.73 Å².